The lowest BCUT2D eigenvalue weighted by atomic mass is 10.1. The van der Waals surface area contributed by atoms with Gasteiger partial charge >= 0.3 is 0 Å². The molecule has 0 aliphatic rings. The number of nitrogens with zero attached hydrogens (tertiary/aromatic N) is 3. The highest BCUT2D eigenvalue weighted by atomic mass is 32.2. The monoisotopic (exact) mass is 362 g/mol. The summed E-state index contributed by atoms with van der Waals surface area (Å²) < 4.78 is 27.6. The third-order valence-corrected chi connectivity index (χ3v) is 5.30. The minimum atomic E-state index is -3.81. The molecule has 0 aliphatic carbocycles. The molecule has 1 amide bonds. The van der Waals surface area contributed by atoms with Gasteiger partial charge in [0.15, 0.2) is 0 Å². The first-order chi connectivity index (χ1) is 11.8. The molecule has 0 aliphatic heterocycles. The van der Waals surface area contributed by atoms with Crippen LogP contribution in [0.2, 0.25) is 0 Å². The summed E-state index contributed by atoms with van der Waals surface area (Å²) in [6, 6.07) is 6.00. The van der Waals surface area contributed by atoms with Crippen molar-refractivity contribution >= 4 is 28.1 Å². The minimum absolute atomic E-state index is 0.0772. The summed E-state index contributed by atoms with van der Waals surface area (Å²) in [5, 5.41) is 0. The van der Waals surface area contributed by atoms with Crippen LogP contribution < -0.4 is 9.62 Å². The number of aromatic nitrogens is 2. The first-order valence-electron chi connectivity index (χ1n) is 7.99. The van der Waals surface area contributed by atoms with Crippen molar-refractivity contribution in [3.8, 4) is 0 Å². The molecule has 0 bridgehead atoms. The lowest BCUT2D eigenvalue weighted by Crippen LogP contribution is -2.18. The van der Waals surface area contributed by atoms with E-state index in [4.69, 9.17) is 0 Å². The van der Waals surface area contributed by atoms with Crippen LogP contribution in [0.25, 0.3) is 0 Å². The second-order valence-electron chi connectivity index (χ2n) is 5.59. The third kappa shape index (κ3) is 4.14. The number of anilines is 2. The Bertz CT molecular complexity index is 839. The van der Waals surface area contributed by atoms with Gasteiger partial charge in [0.2, 0.25) is 12.4 Å². The van der Waals surface area contributed by atoms with E-state index in [1.807, 2.05) is 20.8 Å². The summed E-state index contributed by atoms with van der Waals surface area (Å²) >= 11 is 0. The van der Waals surface area contributed by atoms with E-state index in [1.54, 1.807) is 19.2 Å². The molecule has 0 spiro atoms. The Morgan fingerprint density at radius 2 is 1.60 bits per heavy atom. The number of carbonyl (C=O) groups is 1. The van der Waals surface area contributed by atoms with Crippen LogP contribution in [0.5, 0.6) is 0 Å². The summed E-state index contributed by atoms with van der Waals surface area (Å²) in [6.07, 6.45) is 2.05. The number of benzene rings is 1. The molecule has 0 saturated carbocycles. The van der Waals surface area contributed by atoms with Gasteiger partial charge in [-0.3, -0.25) is 4.79 Å². The first kappa shape index (κ1) is 18.9. The molecule has 8 heteroatoms. The van der Waals surface area contributed by atoms with Gasteiger partial charge in [-0.1, -0.05) is 13.8 Å². The third-order valence-electron chi connectivity index (χ3n) is 3.96. The van der Waals surface area contributed by atoms with Crippen molar-refractivity contribution in [2.75, 3.05) is 16.7 Å². The Morgan fingerprint density at radius 1 is 1.08 bits per heavy atom. The van der Waals surface area contributed by atoms with Crippen molar-refractivity contribution in [3.63, 3.8) is 0 Å². The van der Waals surface area contributed by atoms with Crippen molar-refractivity contribution in [3.05, 3.63) is 41.2 Å². The molecule has 0 atom stereocenters. The molecule has 0 radical (unpaired) electrons. The predicted molar refractivity (Wildman–Crippen MR) is 97.2 cm³/mol. The van der Waals surface area contributed by atoms with Gasteiger partial charge in [-0.05, 0) is 49.6 Å². The fourth-order valence-corrected chi connectivity index (χ4v) is 3.39. The van der Waals surface area contributed by atoms with Gasteiger partial charge in [-0.25, -0.2) is 23.1 Å². The van der Waals surface area contributed by atoms with E-state index >= 15 is 0 Å². The second-order valence-corrected chi connectivity index (χ2v) is 7.27. The molecule has 0 fully saturated rings. The molecule has 2 rings (SSSR count). The van der Waals surface area contributed by atoms with Crippen LogP contribution in [0.4, 0.5) is 11.6 Å². The van der Waals surface area contributed by atoms with Crippen LogP contribution in [0.15, 0.2) is 29.2 Å². The maximum atomic E-state index is 12.6. The van der Waals surface area contributed by atoms with Crippen LogP contribution >= 0.6 is 0 Å². The summed E-state index contributed by atoms with van der Waals surface area (Å²) in [4.78, 5) is 20.8. The summed E-state index contributed by atoms with van der Waals surface area (Å²) in [6.45, 7) is 5.88. The molecule has 2 aromatic rings. The number of nitrogens with one attached hydrogen (secondary N) is 1. The Kier molecular flexibility index (Phi) is 5.73. The number of amides is 1. The van der Waals surface area contributed by atoms with E-state index in [0.29, 0.717) is 24.9 Å². The van der Waals surface area contributed by atoms with Crippen LogP contribution in [-0.4, -0.2) is 31.8 Å². The molecule has 1 aromatic heterocycles. The highest BCUT2D eigenvalue weighted by molar-refractivity contribution is 7.92. The van der Waals surface area contributed by atoms with E-state index in [2.05, 4.69) is 14.7 Å². The standard InChI is InChI=1S/C17H22N4O3S/c1-5-15-12(3)16(6-2)19-17(18-15)20-25(23,24)14-9-7-13(8-10-14)21(4)11-22/h7-11H,5-6H2,1-4H3,(H,18,19,20). The van der Waals surface area contributed by atoms with Gasteiger partial charge in [0, 0.05) is 24.1 Å². The molecule has 134 valence electrons. The van der Waals surface area contributed by atoms with E-state index in [9.17, 15) is 13.2 Å². The van der Waals surface area contributed by atoms with Crippen LogP contribution in [0.3, 0.4) is 0 Å². The summed E-state index contributed by atoms with van der Waals surface area (Å²) in [5.41, 5.74) is 3.25. The largest absolute Gasteiger partial charge is 0.318 e. The van der Waals surface area contributed by atoms with E-state index < -0.39 is 10.0 Å². The fourth-order valence-electron chi connectivity index (χ4n) is 2.45. The van der Waals surface area contributed by atoms with Gasteiger partial charge in [-0.2, -0.15) is 0 Å². The molecule has 0 unspecified atom stereocenters. The van der Waals surface area contributed by atoms with E-state index in [1.165, 1.54) is 17.0 Å². The van der Waals surface area contributed by atoms with Crippen molar-refractivity contribution in [2.24, 2.45) is 0 Å². The molecular weight excluding hydrogens is 340 g/mol. The Labute approximate surface area is 148 Å². The maximum Gasteiger partial charge on any atom is 0.264 e. The van der Waals surface area contributed by atoms with Gasteiger partial charge in [0.1, 0.15) is 0 Å². The molecule has 7 nitrogen and oxygen atoms in total. The molecule has 1 aromatic carbocycles. The van der Waals surface area contributed by atoms with Crippen molar-refractivity contribution in [1.29, 1.82) is 0 Å². The number of sulfonamides is 1. The molecule has 1 heterocycles. The topological polar surface area (TPSA) is 92.3 Å². The van der Waals surface area contributed by atoms with Crippen LogP contribution in [-0.2, 0) is 27.7 Å². The Hall–Kier alpha value is -2.48. The number of hydrogen-bond acceptors (Lipinski definition) is 5. The zero-order valence-corrected chi connectivity index (χ0v) is 15.6. The van der Waals surface area contributed by atoms with Crippen LogP contribution in [0.1, 0.15) is 30.8 Å². The molecule has 1 N–H and O–H groups in total. The predicted octanol–water partition coefficient (Wildman–Crippen LogP) is 2.30. The van der Waals surface area contributed by atoms with E-state index in [-0.39, 0.29) is 10.8 Å². The molecular formula is C17H22N4O3S. The number of rotatable bonds is 7. The van der Waals surface area contributed by atoms with E-state index in [0.717, 1.165) is 17.0 Å². The van der Waals surface area contributed by atoms with Crippen molar-refractivity contribution in [2.45, 2.75) is 38.5 Å². The minimum Gasteiger partial charge on any atom is -0.318 e. The van der Waals surface area contributed by atoms with Gasteiger partial charge in [0.25, 0.3) is 10.0 Å². The zero-order valence-electron chi connectivity index (χ0n) is 14.8. The van der Waals surface area contributed by atoms with Gasteiger partial charge in [0.05, 0.1) is 4.90 Å². The lowest BCUT2D eigenvalue weighted by Gasteiger charge is -2.13. The summed E-state index contributed by atoms with van der Waals surface area (Å²) in [5.74, 6) is 0.0772. The average Bonchev–Trinajstić information content (AvgIpc) is 2.62. The lowest BCUT2D eigenvalue weighted by molar-refractivity contribution is -0.107. The molecule has 25 heavy (non-hydrogen) atoms. The SMILES string of the molecule is CCc1nc(NS(=O)(=O)c2ccc(N(C)C=O)cc2)nc(CC)c1C. The van der Waals surface area contributed by atoms with Gasteiger partial charge < -0.3 is 4.90 Å². The fraction of sp³-hybridized carbons (Fsp3) is 0.353. The number of aryl methyl sites for hydroxylation is 2. The highest BCUT2D eigenvalue weighted by Crippen LogP contribution is 2.20. The highest BCUT2D eigenvalue weighted by Gasteiger charge is 2.18. The second kappa shape index (κ2) is 7.60. The smallest absolute Gasteiger partial charge is 0.264 e. The van der Waals surface area contributed by atoms with Gasteiger partial charge in [-0.15, -0.1) is 0 Å². The quantitative estimate of drug-likeness (QED) is 0.763. The normalized spacial score (nSPS) is 11.2. The summed E-state index contributed by atoms with van der Waals surface area (Å²) in [7, 11) is -2.22. The van der Waals surface area contributed by atoms with Crippen LogP contribution in [0, 0.1) is 6.92 Å². The zero-order chi connectivity index (χ0) is 18.6. The Morgan fingerprint density at radius 3 is 2.04 bits per heavy atom. The first-order valence-corrected chi connectivity index (χ1v) is 9.48. The Balaban J connectivity index is 2.34. The number of carbonyl (C=O) groups excluding carboxylic acids is 1. The maximum absolute atomic E-state index is 12.6. The number of hydrogen-bond donors (Lipinski definition) is 1. The van der Waals surface area contributed by atoms with Crippen molar-refractivity contribution < 1.29 is 13.2 Å². The van der Waals surface area contributed by atoms with Crippen molar-refractivity contribution in [1.82, 2.24) is 9.97 Å². The average molecular weight is 362 g/mol. The molecule has 0 saturated heterocycles.